The summed E-state index contributed by atoms with van der Waals surface area (Å²) in [5.74, 6) is 0.580. The Morgan fingerprint density at radius 1 is 1.02 bits per heavy atom. The second kappa shape index (κ2) is 11.9. The summed E-state index contributed by atoms with van der Waals surface area (Å²) < 4.78 is 5.52. The van der Waals surface area contributed by atoms with Gasteiger partial charge in [0.25, 0.3) is 0 Å². The van der Waals surface area contributed by atoms with Crippen LogP contribution in [0.15, 0.2) is 48.8 Å². The Morgan fingerprint density at radius 3 is 2.52 bits per heavy atom. The van der Waals surface area contributed by atoms with Gasteiger partial charge in [0.2, 0.25) is 0 Å². The topological polar surface area (TPSA) is 85.9 Å². The molecule has 9 nitrogen and oxygen atoms in total. The standard InChI is InChI=1S/C31H43N7O2/c1-22-17-24(21-38(20-22)28-11-10-27(32-5)29-26(28)7-6-12-33-29)34-18-23-8-9-25(19-35-23)36-13-15-37(16-14-36)30(39)40-31(2,3)4/h6-12,19,22,24,32,34H,13-18,20-21H2,1-5H3/t22-,24+/m0/s1. The normalized spacial score (nSPS) is 20.1. The van der Waals surface area contributed by atoms with Gasteiger partial charge in [0.1, 0.15) is 5.60 Å². The summed E-state index contributed by atoms with van der Waals surface area (Å²) in [4.78, 5) is 28.3. The lowest BCUT2D eigenvalue weighted by Gasteiger charge is -2.39. The highest BCUT2D eigenvalue weighted by Gasteiger charge is 2.27. The highest BCUT2D eigenvalue weighted by molar-refractivity contribution is 5.99. The molecule has 214 valence electrons. The minimum atomic E-state index is -0.472. The minimum absolute atomic E-state index is 0.234. The number of hydrogen-bond donors (Lipinski definition) is 2. The van der Waals surface area contributed by atoms with Crippen LogP contribution in [0.5, 0.6) is 0 Å². The van der Waals surface area contributed by atoms with E-state index >= 15 is 0 Å². The lowest BCUT2D eigenvalue weighted by molar-refractivity contribution is 0.0240. The third kappa shape index (κ3) is 6.58. The van der Waals surface area contributed by atoms with Gasteiger partial charge in [0.15, 0.2) is 0 Å². The third-order valence-corrected chi connectivity index (χ3v) is 7.69. The average molecular weight is 546 g/mol. The minimum Gasteiger partial charge on any atom is -0.444 e. The number of rotatable bonds is 6. The fourth-order valence-electron chi connectivity index (χ4n) is 5.76. The Balaban J connectivity index is 1.16. The number of nitrogens with one attached hydrogen (secondary N) is 2. The number of amides is 1. The number of hydrogen-bond acceptors (Lipinski definition) is 8. The van der Waals surface area contributed by atoms with Crippen LogP contribution in [0.25, 0.3) is 10.9 Å². The predicted octanol–water partition coefficient (Wildman–Crippen LogP) is 4.73. The van der Waals surface area contributed by atoms with Crippen LogP contribution in [0.4, 0.5) is 21.9 Å². The molecule has 2 atom stereocenters. The molecule has 0 saturated carbocycles. The number of carbonyl (C=O) groups excluding carboxylic acids is 1. The zero-order valence-corrected chi connectivity index (χ0v) is 24.5. The van der Waals surface area contributed by atoms with Gasteiger partial charge >= 0.3 is 6.09 Å². The van der Waals surface area contributed by atoms with Crippen LogP contribution in [0, 0.1) is 5.92 Å². The summed E-state index contributed by atoms with van der Waals surface area (Å²) in [6.07, 6.45) is 4.72. The highest BCUT2D eigenvalue weighted by atomic mass is 16.6. The molecule has 2 saturated heterocycles. The molecule has 0 aliphatic carbocycles. The van der Waals surface area contributed by atoms with E-state index in [-0.39, 0.29) is 6.09 Å². The van der Waals surface area contributed by atoms with E-state index in [9.17, 15) is 4.79 Å². The van der Waals surface area contributed by atoms with Gasteiger partial charge in [-0.3, -0.25) is 9.97 Å². The lowest BCUT2D eigenvalue weighted by Crippen LogP contribution is -2.50. The monoisotopic (exact) mass is 545 g/mol. The Bertz CT molecular complexity index is 1300. The Labute approximate surface area is 237 Å². The molecule has 9 heteroatoms. The number of piperidine rings is 1. The average Bonchev–Trinajstić information content (AvgIpc) is 2.94. The van der Waals surface area contributed by atoms with E-state index in [1.807, 2.05) is 46.3 Å². The molecule has 2 fully saturated rings. The number of benzene rings is 1. The van der Waals surface area contributed by atoms with Gasteiger partial charge in [-0.15, -0.1) is 0 Å². The molecule has 0 unspecified atom stereocenters. The van der Waals surface area contributed by atoms with E-state index in [1.54, 1.807) is 4.90 Å². The summed E-state index contributed by atoms with van der Waals surface area (Å²) in [7, 11) is 1.94. The van der Waals surface area contributed by atoms with Crippen molar-refractivity contribution < 1.29 is 9.53 Å². The predicted molar refractivity (Wildman–Crippen MR) is 162 cm³/mol. The van der Waals surface area contributed by atoms with Gasteiger partial charge in [-0.1, -0.05) is 6.92 Å². The van der Waals surface area contributed by atoms with Crippen LogP contribution in [-0.2, 0) is 11.3 Å². The number of nitrogens with zero attached hydrogens (tertiary/aromatic N) is 5. The largest absolute Gasteiger partial charge is 0.444 e. The molecule has 2 N–H and O–H groups in total. The molecule has 0 spiro atoms. The summed E-state index contributed by atoms with van der Waals surface area (Å²) in [5.41, 5.74) is 4.97. The summed E-state index contributed by atoms with van der Waals surface area (Å²) in [6.45, 7) is 13.6. The van der Waals surface area contributed by atoms with Gasteiger partial charge in [0.05, 0.1) is 28.8 Å². The first-order valence-electron chi connectivity index (χ1n) is 14.4. The SMILES string of the molecule is CNc1ccc(N2C[C@@H](C)C[C@@H](NCc3ccc(N4CCN(C(=O)OC(C)(C)C)CC4)cn3)C2)c2cccnc12. The molecule has 1 aromatic carbocycles. The second-order valence-corrected chi connectivity index (χ2v) is 12.1. The molecule has 0 bridgehead atoms. The number of pyridine rings is 2. The van der Waals surface area contributed by atoms with Crippen LogP contribution in [0.1, 0.15) is 39.8 Å². The molecule has 4 heterocycles. The molecule has 2 aromatic heterocycles. The number of fused-ring (bicyclic) bond motifs is 1. The summed E-state index contributed by atoms with van der Waals surface area (Å²) in [5, 5.41) is 8.23. The number of carbonyl (C=O) groups is 1. The third-order valence-electron chi connectivity index (χ3n) is 7.69. The van der Waals surface area contributed by atoms with Gasteiger partial charge in [-0.25, -0.2) is 4.79 Å². The van der Waals surface area contributed by atoms with Gasteiger partial charge in [-0.2, -0.15) is 0 Å². The van der Waals surface area contributed by atoms with E-state index in [0.717, 1.165) is 61.7 Å². The van der Waals surface area contributed by atoms with E-state index < -0.39 is 5.60 Å². The van der Waals surface area contributed by atoms with Crippen molar-refractivity contribution in [3.63, 3.8) is 0 Å². The maximum atomic E-state index is 12.4. The number of anilines is 3. The maximum Gasteiger partial charge on any atom is 0.410 e. The van der Waals surface area contributed by atoms with Crippen LogP contribution in [0.3, 0.4) is 0 Å². The maximum absolute atomic E-state index is 12.4. The summed E-state index contributed by atoms with van der Waals surface area (Å²) in [6, 6.07) is 13.2. The van der Waals surface area contributed by atoms with E-state index in [4.69, 9.17) is 9.72 Å². The van der Waals surface area contributed by atoms with E-state index in [0.29, 0.717) is 25.0 Å². The van der Waals surface area contributed by atoms with E-state index in [1.165, 1.54) is 11.1 Å². The van der Waals surface area contributed by atoms with Crippen molar-refractivity contribution in [1.82, 2.24) is 20.2 Å². The zero-order chi connectivity index (χ0) is 28.3. The van der Waals surface area contributed by atoms with Crippen molar-refractivity contribution >= 4 is 34.1 Å². The Morgan fingerprint density at radius 2 is 1.82 bits per heavy atom. The van der Waals surface area contributed by atoms with Crippen LogP contribution >= 0.6 is 0 Å². The zero-order valence-electron chi connectivity index (χ0n) is 24.5. The molecule has 5 rings (SSSR count). The first-order chi connectivity index (χ1) is 19.2. The van der Waals surface area contributed by atoms with Crippen LogP contribution in [0.2, 0.25) is 0 Å². The number of ether oxygens (including phenoxy) is 1. The molecule has 40 heavy (non-hydrogen) atoms. The fourth-order valence-corrected chi connectivity index (χ4v) is 5.76. The molecule has 1 amide bonds. The molecular formula is C31H43N7O2. The van der Waals surface area contributed by atoms with Crippen molar-refractivity contribution in [2.45, 2.75) is 52.3 Å². The number of piperazine rings is 1. The smallest absolute Gasteiger partial charge is 0.410 e. The Hall–Kier alpha value is -3.59. The first-order valence-corrected chi connectivity index (χ1v) is 14.4. The van der Waals surface area contributed by atoms with E-state index in [2.05, 4.69) is 62.7 Å². The van der Waals surface area contributed by atoms with Crippen LogP contribution in [-0.4, -0.2) is 78.9 Å². The van der Waals surface area contributed by atoms with Gasteiger partial charge in [-0.05, 0) is 69.5 Å². The summed E-state index contributed by atoms with van der Waals surface area (Å²) >= 11 is 0. The van der Waals surface area contributed by atoms with Crippen molar-refractivity contribution in [3.05, 3.63) is 54.5 Å². The van der Waals surface area contributed by atoms with Crippen molar-refractivity contribution in [3.8, 4) is 0 Å². The lowest BCUT2D eigenvalue weighted by atomic mass is 9.94. The molecule has 2 aliphatic heterocycles. The molecule has 0 radical (unpaired) electrons. The van der Waals surface area contributed by atoms with Crippen molar-refractivity contribution in [2.24, 2.45) is 5.92 Å². The number of aromatic nitrogens is 2. The second-order valence-electron chi connectivity index (χ2n) is 12.1. The quantitative estimate of drug-likeness (QED) is 0.460. The molecule has 2 aliphatic rings. The first kappa shape index (κ1) is 28.0. The molecule has 3 aromatic rings. The van der Waals surface area contributed by atoms with Crippen molar-refractivity contribution in [1.29, 1.82) is 0 Å². The van der Waals surface area contributed by atoms with Gasteiger partial charge < -0.3 is 30.1 Å². The van der Waals surface area contributed by atoms with Gasteiger partial charge in [0, 0.05) is 76.2 Å². The Kier molecular flexibility index (Phi) is 8.30. The van der Waals surface area contributed by atoms with Crippen molar-refractivity contribution in [2.75, 3.05) is 61.4 Å². The highest BCUT2D eigenvalue weighted by Crippen LogP contribution is 2.33. The molecular weight excluding hydrogens is 502 g/mol. The fraction of sp³-hybridized carbons (Fsp3) is 0.516. The van der Waals surface area contributed by atoms with Crippen LogP contribution < -0.4 is 20.4 Å².